The molecule has 2 aromatic rings. The van der Waals surface area contributed by atoms with Gasteiger partial charge >= 0.3 is 5.97 Å². The van der Waals surface area contributed by atoms with Gasteiger partial charge in [-0.3, -0.25) is 4.79 Å². The summed E-state index contributed by atoms with van der Waals surface area (Å²) in [5, 5.41) is 12.3. The third kappa shape index (κ3) is 3.46. The summed E-state index contributed by atoms with van der Waals surface area (Å²) in [5.74, 6) is -0.261. The summed E-state index contributed by atoms with van der Waals surface area (Å²) < 4.78 is 11.9. The summed E-state index contributed by atoms with van der Waals surface area (Å²) >= 11 is 0. The van der Waals surface area contributed by atoms with Crippen LogP contribution in [0.25, 0.3) is 16.9 Å². The van der Waals surface area contributed by atoms with Gasteiger partial charge in [0.25, 0.3) is 0 Å². The van der Waals surface area contributed by atoms with Gasteiger partial charge in [-0.05, 0) is 68.2 Å². The average molecular weight is 393 g/mol. The van der Waals surface area contributed by atoms with Crippen LogP contribution in [0, 0.1) is 0 Å². The molecule has 6 nitrogen and oxygen atoms in total. The highest BCUT2D eigenvalue weighted by molar-refractivity contribution is 6.22. The molecule has 0 unspecified atom stereocenters. The number of ketones is 1. The Morgan fingerprint density at radius 1 is 1.24 bits per heavy atom. The van der Waals surface area contributed by atoms with Crippen molar-refractivity contribution in [3.05, 3.63) is 59.0 Å². The molecule has 2 aliphatic heterocycles. The Morgan fingerprint density at radius 2 is 2.03 bits per heavy atom. The SMILES string of the molecule is C/C1=C\C(=O)/C(C(=O)O)=C\NCCc2c1cc(-c1ccco1)c1c2CC(C)(C)O1. The van der Waals surface area contributed by atoms with Gasteiger partial charge in [0.15, 0.2) is 5.78 Å². The van der Waals surface area contributed by atoms with E-state index in [1.807, 2.05) is 25.1 Å². The first kappa shape index (κ1) is 19.1. The summed E-state index contributed by atoms with van der Waals surface area (Å²) in [7, 11) is 0. The van der Waals surface area contributed by atoms with E-state index in [4.69, 9.17) is 9.15 Å². The maximum atomic E-state index is 12.5. The van der Waals surface area contributed by atoms with Gasteiger partial charge in [-0.2, -0.15) is 0 Å². The van der Waals surface area contributed by atoms with Crippen LogP contribution in [0.4, 0.5) is 0 Å². The van der Waals surface area contributed by atoms with Crippen LogP contribution in [0.15, 0.2) is 46.7 Å². The summed E-state index contributed by atoms with van der Waals surface area (Å²) in [5.41, 5.74) is 4.09. The van der Waals surface area contributed by atoms with E-state index in [0.717, 1.165) is 40.0 Å². The number of carbonyl (C=O) groups excluding carboxylic acids is 1. The van der Waals surface area contributed by atoms with Crippen molar-refractivity contribution in [1.29, 1.82) is 0 Å². The molecule has 0 spiro atoms. The number of allylic oxidation sites excluding steroid dienone is 2. The maximum Gasteiger partial charge on any atom is 0.341 e. The van der Waals surface area contributed by atoms with Crippen LogP contribution in [0.5, 0.6) is 5.75 Å². The minimum absolute atomic E-state index is 0.273. The number of rotatable bonds is 2. The fourth-order valence-electron chi connectivity index (χ4n) is 4.01. The molecule has 0 atom stereocenters. The first-order valence-electron chi connectivity index (χ1n) is 9.58. The molecule has 29 heavy (non-hydrogen) atoms. The van der Waals surface area contributed by atoms with Crippen molar-refractivity contribution in [1.82, 2.24) is 5.32 Å². The maximum absolute atomic E-state index is 12.5. The molecule has 0 aliphatic carbocycles. The van der Waals surface area contributed by atoms with E-state index in [1.165, 1.54) is 12.3 Å². The Bertz CT molecular complexity index is 1060. The second-order valence-electron chi connectivity index (χ2n) is 8.03. The van der Waals surface area contributed by atoms with Crippen molar-refractivity contribution in [2.45, 2.75) is 39.2 Å². The lowest BCUT2D eigenvalue weighted by molar-refractivity contribution is -0.134. The molecule has 0 fully saturated rings. The van der Waals surface area contributed by atoms with Crippen LogP contribution in [0.3, 0.4) is 0 Å². The lowest BCUT2D eigenvalue weighted by Gasteiger charge is -2.19. The molecule has 4 rings (SSSR count). The number of ether oxygens (including phenoxy) is 1. The van der Waals surface area contributed by atoms with E-state index >= 15 is 0 Å². The zero-order valence-electron chi connectivity index (χ0n) is 16.7. The van der Waals surface area contributed by atoms with Gasteiger partial charge in [-0.25, -0.2) is 4.79 Å². The van der Waals surface area contributed by atoms with Crippen LogP contribution in [0.2, 0.25) is 0 Å². The minimum atomic E-state index is -1.24. The Kier molecular flexibility index (Phi) is 4.57. The van der Waals surface area contributed by atoms with Crippen molar-refractivity contribution in [2.24, 2.45) is 0 Å². The number of fused-ring (bicyclic) bond motifs is 3. The second kappa shape index (κ2) is 6.95. The molecule has 150 valence electrons. The van der Waals surface area contributed by atoms with Crippen LogP contribution >= 0.6 is 0 Å². The van der Waals surface area contributed by atoms with Crippen LogP contribution in [0.1, 0.15) is 37.5 Å². The van der Waals surface area contributed by atoms with E-state index in [9.17, 15) is 14.7 Å². The molecule has 0 saturated heterocycles. The number of aliphatic carboxylic acids is 1. The van der Waals surface area contributed by atoms with Gasteiger partial charge in [0.1, 0.15) is 22.7 Å². The largest absolute Gasteiger partial charge is 0.486 e. The zero-order valence-corrected chi connectivity index (χ0v) is 16.7. The van der Waals surface area contributed by atoms with Gasteiger partial charge < -0.3 is 19.6 Å². The van der Waals surface area contributed by atoms with Crippen LogP contribution in [-0.2, 0) is 22.4 Å². The third-order valence-corrected chi connectivity index (χ3v) is 5.30. The molecule has 1 aromatic heterocycles. The van der Waals surface area contributed by atoms with Gasteiger partial charge in [0.2, 0.25) is 0 Å². The van der Waals surface area contributed by atoms with Crippen molar-refractivity contribution < 1.29 is 23.8 Å². The monoisotopic (exact) mass is 393 g/mol. The van der Waals surface area contributed by atoms with Gasteiger partial charge in [-0.1, -0.05) is 0 Å². The summed E-state index contributed by atoms with van der Waals surface area (Å²) in [4.78, 5) is 24.0. The first-order chi connectivity index (χ1) is 13.8. The van der Waals surface area contributed by atoms with Gasteiger partial charge in [0, 0.05) is 24.7 Å². The Morgan fingerprint density at radius 3 is 2.72 bits per heavy atom. The third-order valence-electron chi connectivity index (χ3n) is 5.30. The fraction of sp³-hybridized carbons (Fsp3) is 0.304. The molecule has 2 aliphatic rings. The first-order valence-corrected chi connectivity index (χ1v) is 9.58. The van der Waals surface area contributed by atoms with E-state index in [1.54, 1.807) is 6.26 Å². The predicted molar refractivity (Wildman–Crippen MR) is 109 cm³/mol. The predicted octanol–water partition coefficient (Wildman–Crippen LogP) is 3.75. The smallest absolute Gasteiger partial charge is 0.341 e. The number of carboxylic acid groups (broad SMARTS) is 1. The van der Waals surface area contributed by atoms with Crippen LogP contribution < -0.4 is 10.1 Å². The number of carboxylic acids is 1. The number of hydrogen-bond acceptors (Lipinski definition) is 5. The van der Waals surface area contributed by atoms with Crippen molar-refractivity contribution in [3.63, 3.8) is 0 Å². The van der Waals surface area contributed by atoms with Gasteiger partial charge in [-0.15, -0.1) is 0 Å². The molecular formula is C23H23NO5. The van der Waals surface area contributed by atoms with E-state index in [2.05, 4.69) is 19.2 Å². The molecule has 6 heteroatoms. The minimum Gasteiger partial charge on any atom is -0.486 e. The van der Waals surface area contributed by atoms with E-state index in [-0.39, 0.29) is 11.2 Å². The van der Waals surface area contributed by atoms with Gasteiger partial charge in [0.05, 0.1) is 11.8 Å². The molecule has 2 N–H and O–H groups in total. The second-order valence-corrected chi connectivity index (χ2v) is 8.03. The van der Waals surface area contributed by atoms with Crippen LogP contribution in [-0.4, -0.2) is 29.0 Å². The van der Waals surface area contributed by atoms with E-state index in [0.29, 0.717) is 18.7 Å². The number of nitrogens with one attached hydrogen (secondary N) is 1. The highest BCUT2D eigenvalue weighted by Crippen LogP contribution is 2.47. The number of furan rings is 1. The molecule has 0 amide bonds. The topological polar surface area (TPSA) is 88.8 Å². The van der Waals surface area contributed by atoms with Crippen molar-refractivity contribution in [2.75, 3.05) is 6.54 Å². The summed E-state index contributed by atoms with van der Waals surface area (Å²) in [6, 6.07) is 5.70. The highest BCUT2D eigenvalue weighted by Gasteiger charge is 2.36. The number of hydrogen-bond donors (Lipinski definition) is 2. The molecule has 1 aromatic carbocycles. The zero-order chi connectivity index (χ0) is 20.8. The lowest BCUT2D eigenvalue weighted by Crippen LogP contribution is -2.25. The Hall–Kier alpha value is -3.28. The standard InChI is InChI=1S/C23H23NO5/c1-13-9-19(25)18(22(26)27)12-24-7-6-14-15(13)10-16(20-5-4-8-28-20)21-17(14)11-23(2,3)29-21/h4-5,8-10,12,24H,6-7,11H2,1-3H3,(H,26,27)/b13-9+,18-12+. The quantitative estimate of drug-likeness (QED) is 0.756. The molecule has 0 radical (unpaired) electrons. The molecule has 3 heterocycles. The normalized spacial score (nSPS) is 21.6. The lowest BCUT2D eigenvalue weighted by atomic mass is 9.86. The molecular weight excluding hydrogens is 370 g/mol. The number of benzene rings is 1. The highest BCUT2D eigenvalue weighted by atomic mass is 16.5. The van der Waals surface area contributed by atoms with Crippen molar-refractivity contribution in [3.8, 4) is 17.1 Å². The summed E-state index contributed by atoms with van der Waals surface area (Å²) in [6.07, 6.45) is 5.73. The fourth-order valence-corrected chi connectivity index (χ4v) is 4.01. The average Bonchev–Trinajstić information content (AvgIpc) is 3.27. The van der Waals surface area contributed by atoms with E-state index < -0.39 is 11.8 Å². The Balaban J connectivity index is 1.93. The molecule has 0 bridgehead atoms. The molecule has 0 saturated carbocycles. The van der Waals surface area contributed by atoms with Crippen molar-refractivity contribution >= 4 is 17.3 Å². The number of carbonyl (C=O) groups is 2. The summed E-state index contributed by atoms with van der Waals surface area (Å²) in [6.45, 7) is 6.46. The Labute approximate surface area is 168 Å².